The highest BCUT2D eigenvalue weighted by Crippen LogP contribution is 2.11. The van der Waals surface area contributed by atoms with Crippen LogP contribution in [0.25, 0.3) is 0 Å². The second-order valence-electron chi connectivity index (χ2n) is 4.64. The maximum Gasteiger partial charge on any atom is 0.227 e. The van der Waals surface area contributed by atoms with Crippen LogP contribution < -0.4 is 5.32 Å². The van der Waals surface area contributed by atoms with E-state index in [1.165, 1.54) is 0 Å². The first-order valence-electron chi connectivity index (χ1n) is 6.17. The van der Waals surface area contributed by atoms with Crippen molar-refractivity contribution in [2.75, 3.05) is 0 Å². The van der Waals surface area contributed by atoms with E-state index in [0.29, 0.717) is 12.3 Å². The van der Waals surface area contributed by atoms with Gasteiger partial charge in [0.15, 0.2) is 0 Å². The van der Waals surface area contributed by atoms with Crippen LogP contribution in [0.1, 0.15) is 37.9 Å². The maximum absolute atomic E-state index is 11.8. The van der Waals surface area contributed by atoms with Crippen molar-refractivity contribution in [3.05, 3.63) is 16.1 Å². The molecule has 0 spiro atoms. The molecule has 0 aliphatic heterocycles. The van der Waals surface area contributed by atoms with Gasteiger partial charge in [-0.15, -0.1) is 11.3 Å². The molecule has 0 radical (unpaired) electrons. The van der Waals surface area contributed by atoms with Gasteiger partial charge in [0.25, 0.3) is 0 Å². The molecule has 0 aliphatic carbocycles. The quantitative estimate of drug-likeness (QED) is 0.858. The third-order valence-electron chi connectivity index (χ3n) is 2.44. The standard InChI is InChI=1S/C13H19N3OS/c1-4-13-16-11(8-18-13)6-12(17)15-10(7-14)5-9(2)3/h8-10H,4-6H2,1-3H3,(H,15,17). The normalized spacial score (nSPS) is 12.2. The number of nitriles is 1. The van der Waals surface area contributed by atoms with Crippen LogP contribution in [0.15, 0.2) is 5.38 Å². The number of amides is 1. The summed E-state index contributed by atoms with van der Waals surface area (Å²) < 4.78 is 0. The van der Waals surface area contributed by atoms with Crippen molar-refractivity contribution in [3.63, 3.8) is 0 Å². The second kappa shape index (κ2) is 7.12. The average Bonchev–Trinajstić information content (AvgIpc) is 2.75. The smallest absolute Gasteiger partial charge is 0.227 e. The molecule has 0 fully saturated rings. The highest BCUT2D eigenvalue weighted by molar-refractivity contribution is 7.09. The molecule has 1 heterocycles. The number of aryl methyl sites for hydroxylation is 1. The van der Waals surface area contributed by atoms with Gasteiger partial charge >= 0.3 is 0 Å². The van der Waals surface area contributed by atoms with E-state index in [4.69, 9.17) is 5.26 Å². The van der Waals surface area contributed by atoms with Crippen LogP contribution >= 0.6 is 11.3 Å². The summed E-state index contributed by atoms with van der Waals surface area (Å²) in [6.07, 6.45) is 1.83. The Bertz CT molecular complexity index is 434. The molecule has 1 aromatic rings. The highest BCUT2D eigenvalue weighted by atomic mass is 32.1. The Balaban J connectivity index is 2.48. The van der Waals surface area contributed by atoms with Crippen molar-refractivity contribution >= 4 is 17.2 Å². The number of thiazole rings is 1. The van der Waals surface area contributed by atoms with Gasteiger partial charge in [-0.1, -0.05) is 20.8 Å². The minimum atomic E-state index is -0.401. The fourth-order valence-corrected chi connectivity index (χ4v) is 2.36. The SMILES string of the molecule is CCc1nc(CC(=O)NC(C#N)CC(C)C)cs1. The van der Waals surface area contributed by atoms with Gasteiger partial charge < -0.3 is 5.32 Å². The minimum absolute atomic E-state index is 0.129. The summed E-state index contributed by atoms with van der Waals surface area (Å²) in [7, 11) is 0. The summed E-state index contributed by atoms with van der Waals surface area (Å²) in [5.74, 6) is 0.260. The Morgan fingerprint density at radius 3 is 2.83 bits per heavy atom. The largest absolute Gasteiger partial charge is 0.340 e. The van der Waals surface area contributed by atoms with Crippen LogP contribution in [0.5, 0.6) is 0 Å². The van der Waals surface area contributed by atoms with E-state index in [2.05, 4.69) is 16.4 Å². The molecule has 1 amide bonds. The highest BCUT2D eigenvalue weighted by Gasteiger charge is 2.14. The molecule has 0 saturated carbocycles. The first-order chi connectivity index (χ1) is 8.55. The Morgan fingerprint density at radius 2 is 2.33 bits per heavy atom. The molecule has 5 heteroatoms. The Labute approximate surface area is 112 Å². The third-order valence-corrected chi connectivity index (χ3v) is 3.48. The number of carbonyl (C=O) groups is 1. The van der Waals surface area contributed by atoms with Crippen LogP contribution in [0.2, 0.25) is 0 Å². The predicted octanol–water partition coefficient (Wildman–Crippen LogP) is 2.30. The van der Waals surface area contributed by atoms with Crippen LogP contribution in [-0.2, 0) is 17.6 Å². The monoisotopic (exact) mass is 265 g/mol. The zero-order valence-corrected chi connectivity index (χ0v) is 11.9. The van der Waals surface area contributed by atoms with Gasteiger partial charge in [-0.05, 0) is 18.8 Å². The van der Waals surface area contributed by atoms with Crippen LogP contribution in [0, 0.1) is 17.2 Å². The van der Waals surface area contributed by atoms with Crippen molar-refractivity contribution in [2.45, 2.75) is 46.1 Å². The number of carbonyl (C=O) groups excluding carboxylic acids is 1. The second-order valence-corrected chi connectivity index (χ2v) is 5.58. The lowest BCUT2D eigenvalue weighted by Gasteiger charge is -2.13. The van der Waals surface area contributed by atoms with Crippen molar-refractivity contribution in [1.82, 2.24) is 10.3 Å². The van der Waals surface area contributed by atoms with Crippen molar-refractivity contribution in [1.29, 1.82) is 5.26 Å². The average molecular weight is 265 g/mol. The molecular formula is C13H19N3OS. The molecular weight excluding hydrogens is 246 g/mol. The van der Waals surface area contributed by atoms with Crippen molar-refractivity contribution < 1.29 is 4.79 Å². The molecule has 1 N–H and O–H groups in total. The summed E-state index contributed by atoms with van der Waals surface area (Å²) in [5, 5.41) is 14.6. The topological polar surface area (TPSA) is 65.8 Å². The van der Waals surface area contributed by atoms with Crippen LogP contribution in [0.3, 0.4) is 0 Å². The third kappa shape index (κ3) is 4.84. The molecule has 1 atom stereocenters. The van der Waals surface area contributed by atoms with Gasteiger partial charge in [0.2, 0.25) is 5.91 Å². The van der Waals surface area contributed by atoms with E-state index in [1.807, 2.05) is 26.2 Å². The number of hydrogen-bond donors (Lipinski definition) is 1. The molecule has 0 saturated heterocycles. The molecule has 1 unspecified atom stereocenters. The Morgan fingerprint density at radius 1 is 1.61 bits per heavy atom. The summed E-state index contributed by atoms with van der Waals surface area (Å²) in [6.45, 7) is 6.10. The number of nitrogens with one attached hydrogen (secondary N) is 1. The zero-order chi connectivity index (χ0) is 13.5. The fraction of sp³-hybridized carbons (Fsp3) is 0.615. The maximum atomic E-state index is 11.8. The molecule has 98 valence electrons. The lowest BCUT2D eigenvalue weighted by atomic mass is 10.0. The zero-order valence-electron chi connectivity index (χ0n) is 11.1. The number of nitrogens with zero attached hydrogens (tertiary/aromatic N) is 2. The molecule has 0 aromatic carbocycles. The summed E-state index contributed by atoms with van der Waals surface area (Å²) in [5.41, 5.74) is 0.788. The first-order valence-corrected chi connectivity index (χ1v) is 7.05. The number of rotatable bonds is 6. The minimum Gasteiger partial charge on any atom is -0.340 e. The van der Waals surface area contributed by atoms with Crippen molar-refractivity contribution in [3.8, 4) is 6.07 Å². The predicted molar refractivity (Wildman–Crippen MR) is 72.2 cm³/mol. The van der Waals surface area contributed by atoms with E-state index < -0.39 is 6.04 Å². The summed E-state index contributed by atoms with van der Waals surface area (Å²) in [6, 6.07) is 1.72. The first kappa shape index (κ1) is 14.7. The van der Waals surface area contributed by atoms with Crippen LogP contribution in [-0.4, -0.2) is 16.9 Å². The molecule has 1 aromatic heterocycles. The Kier molecular flexibility index (Phi) is 5.79. The molecule has 18 heavy (non-hydrogen) atoms. The summed E-state index contributed by atoms with van der Waals surface area (Å²) in [4.78, 5) is 16.1. The van der Waals surface area contributed by atoms with E-state index in [0.717, 1.165) is 17.1 Å². The fourth-order valence-electron chi connectivity index (χ4n) is 1.62. The van der Waals surface area contributed by atoms with Gasteiger partial charge in [0.1, 0.15) is 6.04 Å². The van der Waals surface area contributed by atoms with E-state index in [9.17, 15) is 4.79 Å². The van der Waals surface area contributed by atoms with Gasteiger partial charge in [-0.25, -0.2) is 4.98 Å². The molecule has 0 aliphatic rings. The van der Waals surface area contributed by atoms with Gasteiger partial charge in [0.05, 0.1) is 23.2 Å². The van der Waals surface area contributed by atoms with E-state index in [1.54, 1.807) is 11.3 Å². The molecule has 1 rings (SSSR count). The van der Waals surface area contributed by atoms with Gasteiger partial charge in [-0.3, -0.25) is 4.79 Å². The molecule has 0 bridgehead atoms. The van der Waals surface area contributed by atoms with E-state index in [-0.39, 0.29) is 12.3 Å². The van der Waals surface area contributed by atoms with Crippen LogP contribution in [0.4, 0.5) is 0 Å². The van der Waals surface area contributed by atoms with Gasteiger partial charge in [0, 0.05) is 5.38 Å². The summed E-state index contributed by atoms with van der Waals surface area (Å²) >= 11 is 1.57. The Hall–Kier alpha value is -1.41. The number of hydrogen-bond acceptors (Lipinski definition) is 4. The number of aromatic nitrogens is 1. The molecule has 4 nitrogen and oxygen atoms in total. The lowest BCUT2D eigenvalue weighted by Crippen LogP contribution is -2.35. The van der Waals surface area contributed by atoms with Gasteiger partial charge in [-0.2, -0.15) is 5.26 Å². The van der Waals surface area contributed by atoms with Crippen molar-refractivity contribution in [2.24, 2.45) is 5.92 Å². The van der Waals surface area contributed by atoms with E-state index >= 15 is 0 Å². The lowest BCUT2D eigenvalue weighted by molar-refractivity contribution is -0.120.